The molecule has 2 atom stereocenters. The van der Waals surface area contributed by atoms with Crippen molar-refractivity contribution in [3.8, 4) is 0 Å². The van der Waals surface area contributed by atoms with Gasteiger partial charge >= 0.3 is 0 Å². The summed E-state index contributed by atoms with van der Waals surface area (Å²) in [6, 6.07) is 20.2. The number of carbonyl (C=O) groups excluding carboxylic acids is 1. The first kappa shape index (κ1) is 29.1. The van der Waals surface area contributed by atoms with Crippen LogP contribution in [0.1, 0.15) is 50.7 Å². The van der Waals surface area contributed by atoms with E-state index in [1.165, 1.54) is 0 Å². The first-order chi connectivity index (χ1) is 16.8. The number of amides is 1. The highest BCUT2D eigenvalue weighted by molar-refractivity contribution is 6.25. The van der Waals surface area contributed by atoms with Crippen LogP contribution in [0, 0.1) is 0 Å². The Bertz CT molecular complexity index is 888. The molecule has 35 heavy (non-hydrogen) atoms. The van der Waals surface area contributed by atoms with Crippen LogP contribution < -0.4 is 0 Å². The summed E-state index contributed by atoms with van der Waals surface area (Å²) in [6.45, 7) is 5.61. The summed E-state index contributed by atoms with van der Waals surface area (Å²) in [5.74, 6) is -0.0773. The Kier molecular flexibility index (Phi) is 13.1. The highest BCUT2D eigenvalue weighted by atomic mass is 35.5. The predicted octanol–water partition coefficient (Wildman–Crippen LogP) is 6.36. The lowest BCUT2D eigenvalue weighted by atomic mass is 9.89. The lowest BCUT2D eigenvalue weighted by Crippen LogP contribution is -2.46. The minimum Gasteiger partial charge on any atom is -0.377 e. The molecule has 0 aliphatic rings. The summed E-state index contributed by atoms with van der Waals surface area (Å²) in [4.78, 5) is 13.9. The van der Waals surface area contributed by atoms with Gasteiger partial charge in [0.15, 0.2) is 0 Å². The molecule has 5 nitrogen and oxygen atoms in total. The number of likely N-dealkylation sites (N-methyl/N-ethyl adjacent to an activating group) is 1. The summed E-state index contributed by atoms with van der Waals surface area (Å²) in [7, 11) is 3.46. The minimum absolute atomic E-state index is 0.00124. The van der Waals surface area contributed by atoms with Gasteiger partial charge in [-0.05, 0) is 50.7 Å². The molecule has 0 aromatic heterocycles. The first-order valence-corrected chi connectivity index (χ1v) is 12.6. The average molecular weight is 502 g/mol. The zero-order chi connectivity index (χ0) is 25.5. The van der Waals surface area contributed by atoms with Gasteiger partial charge in [0, 0.05) is 26.2 Å². The Hall–Kier alpha value is -2.18. The molecule has 0 unspecified atom stereocenters. The summed E-state index contributed by atoms with van der Waals surface area (Å²) in [5, 5.41) is 0. The van der Waals surface area contributed by atoms with Crippen LogP contribution in [-0.2, 0) is 32.2 Å². The van der Waals surface area contributed by atoms with Crippen LogP contribution in [-0.4, -0.2) is 49.8 Å². The monoisotopic (exact) mass is 501 g/mol. The molecular formula is C29H40ClNO4. The van der Waals surface area contributed by atoms with Crippen LogP contribution in [0.5, 0.6) is 0 Å². The van der Waals surface area contributed by atoms with E-state index in [0.29, 0.717) is 26.2 Å². The highest BCUT2D eigenvalue weighted by Crippen LogP contribution is 2.30. The molecule has 1 amide bonds. The lowest BCUT2D eigenvalue weighted by Gasteiger charge is -2.38. The Balaban J connectivity index is 2.12. The van der Waals surface area contributed by atoms with E-state index in [-0.39, 0.29) is 18.6 Å². The second-order valence-corrected chi connectivity index (χ2v) is 9.53. The second kappa shape index (κ2) is 15.7. The smallest absolute Gasteiger partial charge is 0.248 e. The van der Waals surface area contributed by atoms with E-state index in [1.54, 1.807) is 24.5 Å². The molecule has 0 bridgehead atoms. The van der Waals surface area contributed by atoms with E-state index >= 15 is 0 Å². The number of carbonyl (C=O) groups is 1. The van der Waals surface area contributed by atoms with E-state index < -0.39 is 5.60 Å². The highest BCUT2D eigenvalue weighted by Gasteiger charge is 2.36. The number of benzene rings is 2. The van der Waals surface area contributed by atoms with Gasteiger partial charge in [-0.2, -0.15) is 0 Å². The van der Waals surface area contributed by atoms with E-state index in [4.69, 9.17) is 25.8 Å². The fourth-order valence-electron chi connectivity index (χ4n) is 3.74. The first-order valence-electron chi connectivity index (χ1n) is 12.2. The molecule has 0 aliphatic heterocycles. The summed E-state index contributed by atoms with van der Waals surface area (Å²) >= 11 is 5.88. The van der Waals surface area contributed by atoms with E-state index in [1.807, 2.05) is 55.5 Å². The van der Waals surface area contributed by atoms with Crippen molar-refractivity contribution < 1.29 is 19.0 Å². The van der Waals surface area contributed by atoms with Gasteiger partial charge in [-0.25, -0.2) is 0 Å². The van der Waals surface area contributed by atoms with Crippen molar-refractivity contribution in [3.63, 3.8) is 0 Å². The molecule has 0 aliphatic carbocycles. The van der Waals surface area contributed by atoms with Crippen molar-refractivity contribution in [2.45, 2.75) is 64.4 Å². The summed E-state index contributed by atoms with van der Waals surface area (Å²) < 4.78 is 18.7. The van der Waals surface area contributed by atoms with Crippen molar-refractivity contribution in [2.75, 3.05) is 27.3 Å². The Morgan fingerprint density at radius 2 is 1.63 bits per heavy atom. The molecule has 0 spiro atoms. The molecule has 0 saturated carbocycles. The lowest BCUT2D eigenvalue weighted by molar-refractivity contribution is -0.165. The van der Waals surface area contributed by atoms with Crippen LogP contribution in [0.4, 0.5) is 0 Å². The maximum atomic E-state index is 12.3. The third-order valence-corrected chi connectivity index (χ3v) is 6.44. The van der Waals surface area contributed by atoms with Crippen LogP contribution in [0.25, 0.3) is 0 Å². The molecule has 0 radical (unpaired) electrons. The minimum atomic E-state index is -0.606. The van der Waals surface area contributed by atoms with Crippen LogP contribution in [0.3, 0.4) is 0 Å². The molecule has 0 N–H and O–H groups in total. The van der Waals surface area contributed by atoms with Crippen LogP contribution in [0.2, 0.25) is 0 Å². The second-order valence-electron chi connectivity index (χ2n) is 9.31. The van der Waals surface area contributed by atoms with Crippen molar-refractivity contribution in [3.05, 3.63) is 82.9 Å². The van der Waals surface area contributed by atoms with Crippen molar-refractivity contribution >= 4 is 17.5 Å². The summed E-state index contributed by atoms with van der Waals surface area (Å²) in [5.41, 5.74) is 4.37. The maximum Gasteiger partial charge on any atom is 0.248 e. The van der Waals surface area contributed by atoms with Crippen LogP contribution >= 0.6 is 11.6 Å². The molecule has 0 saturated heterocycles. The van der Waals surface area contributed by atoms with Crippen molar-refractivity contribution in [1.29, 1.82) is 0 Å². The molecule has 6 heteroatoms. The van der Waals surface area contributed by atoms with Crippen LogP contribution in [0.15, 0.2) is 71.8 Å². The molecule has 2 aromatic rings. The van der Waals surface area contributed by atoms with Gasteiger partial charge in [0.2, 0.25) is 5.91 Å². The van der Waals surface area contributed by atoms with Gasteiger partial charge in [-0.15, -0.1) is 0 Å². The third-order valence-electron chi connectivity index (χ3n) is 6.07. The van der Waals surface area contributed by atoms with Gasteiger partial charge < -0.3 is 19.1 Å². The maximum absolute atomic E-state index is 12.3. The number of ether oxygens (including phenoxy) is 3. The number of halogens is 1. The molecule has 0 heterocycles. The fourth-order valence-corrected chi connectivity index (χ4v) is 3.85. The van der Waals surface area contributed by atoms with Gasteiger partial charge in [0.05, 0.1) is 24.9 Å². The number of allylic oxidation sites excluding steroid dienone is 1. The Labute approximate surface area is 216 Å². The Morgan fingerprint density at radius 3 is 2.20 bits per heavy atom. The van der Waals surface area contributed by atoms with E-state index in [0.717, 1.165) is 36.0 Å². The van der Waals surface area contributed by atoms with E-state index in [9.17, 15) is 4.79 Å². The fraction of sp³-hybridized carbons (Fsp3) is 0.483. The number of hydrogen-bond acceptors (Lipinski definition) is 4. The largest absolute Gasteiger partial charge is 0.377 e. The quantitative estimate of drug-likeness (QED) is 0.251. The van der Waals surface area contributed by atoms with Gasteiger partial charge in [-0.3, -0.25) is 4.79 Å². The summed E-state index contributed by atoms with van der Waals surface area (Å²) in [6.07, 6.45) is 2.84. The van der Waals surface area contributed by atoms with E-state index in [2.05, 4.69) is 19.1 Å². The Morgan fingerprint density at radius 1 is 1.03 bits per heavy atom. The normalized spacial score (nSPS) is 14.4. The predicted molar refractivity (Wildman–Crippen MR) is 142 cm³/mol. The molecular weight excluding hydrogens is 462 g/mol. The van der Waals surface area contributed by atoms with Crippen molar-refractivity contribution in [2.24, 2.45) is 0 Å². The zero-order valence-corrected chi connectivity index (χ0v) is 22.3. The average Bonchev–Trinajstić information content (AvgIpc) is 2.87. The molecule has 2 aromatic carbocycles. The molecule has 0 fully saturated rings. The number of rotatable bonds is 16. The van der Waals surface area contributed by atoms with Gasteiger partial charge in [0.25, 0.3) is 0 Å². The van der Waals surface area contributed by atoms with Gasteiger partial charge in [0.1, 0.15) is 6.61 Å². The zero-order valence-electron chi connectivity index (χ0n) is 21.5. The number of nitrogens with zero attached hydrogens (tertiary/aromatic N) is 1. The topological polar surface area (TPSA) is 48.0 Å². The van der Waals surface area contributed by atoms with Gasteiger partial charge in [-0.1, -0.05) is 77.8 Å². The SMILES string of the molecule is C/C(=C\Cl)CCC[C@@](C)(OCc1ccccc1)[C@@H](CCOCc1ccccc1)OCC(=O)N(C)C. The number of hydrogen-bond donors (Lipinski definition) is 0. The van der Waals surface area contributed by atoms with Crippen molar-refractivity contribution in [1.82, 2.24) is 4.90 Å². The molecule has 192 valence electrons. The standard InChI is InChI=1S/C29H40ClNO4/c1-24(20-30)12-11-18-29(2,35-22-26-15-9-6-10-16-26)27(34-23-28(32)31(3)4)17-19-33-21-25-13-7-5-8-14-25/h5-10,13-16,20,27H,11-12,17-19,21-23H2,1-4H3/b24-20+/t27-,29-/m1/s1. The molecule has 2 rings (SSSR count). The third kappa shape index (κ3) is 11.0.